The van der Waals surface area contributed by atoms with E-state index < -0.39 is 11.6 Å². The summed E-state index contributed by atoms with van der Waals surface area (Å²) in [4.78, 5) is 65.6. The predicted octanol–water partition coefficient (Wildman–Crippen LogP) is 9.06. The Labute approximate surface area is 418 Å². The Bertz CT molecular complexity index is 2630. The number of halogens is 3. The Kier molecular flexibility index (Phi) is 22.0. The summed E-state index contributed by atoms with van der Waals surface area (Å²) in [5, 5.41) is 9.22. The number of nitrogens with one attached hydrogen (secondary N) is 3. The van der Waals surface area contributed by atoms with Gasteiger partial charge in [0.15, 0.2) is 0 Å². The molecule has 1 saturated heterocycles. The van der Waals surface area contributed by atoms with E-state index in [1.807, 2.05) is 47.2 Å². The fourth-order valence-corrected chi connectivity index (χ4v) is 8.07. The molecule has 0 bridgehead atoms. The molecule has 4 aromatic carbocycles. The van der Waals surface area contributed by atoms with Gasteiger partial charge in [-0.25, -0.2) is 18.8 Å². The van der Waals surface area contributed by atoms with Crippen molar-refractivity contribution >= 4 is 71.3 Å². The van der Waals surface area contributed by atoms with Gasteiger partial charge in [0, 0.05) is 65.6 Å². The van der Waals surface area contributed by atoms with Crippen LogP contribution in [-0.2, 0) is 20.9 Å². The van der Waals surface area contributed by atoms with E-state index in [1.165, 1.54) is 52.4 Å². The number of aldehydes is 1. The van der Waals surface area contributed by atoms with E-state index in [0.29, 0.717) is 38.7 Å². The van der Waals surface area contributed by atoms with E-state index in [9.17, 15) is 28.0 Å². The first-order valence-electron chi connectivity index (χ1n) is 22.7. The summed E-state index contributed by atoms with van der Waals surface area (Å²) >= 11 is 8.02. The molecule has 1 fully saturated rings. The van der Waals surface area contributed by atoms with Crippen LogP contribution in [0.25, 0.3) is 10.4 Å². The van der Waals surface area contributed by atoms with Gasteiger partial charge in [-0.05, 0) is 113 Å². The summed E-state index contributed by atoms with van der Waals surface area (Å²) in [5.74, 6) is -1.96. The zero-order valence-electron chi connectivity index (χ0n) is 40.7. The summed E-state index contributed by atoms with van der Waals surface area (Å²) in [7, 11) is 3.46. The van der Waals surface area contributed by atoms with Crippen LogP contribution < -0.4 is 21.7 Å². The van der Waals surface area contributed by atoms with Crippen molar-refractivity contribution in [1.82, 2.24) is 25.8 Å². The van der Waals surface area contributed by atoms with Crippen LogP contribution in [0.15, 0.2) is 117 Å². The number of likely N-dealkylation sites (tertiary alicyclic amines) is 1. The number of aryl methyl sites for hydroxylation is 1. The summed E-state index contributed by atoms with van der Waals surface area (Å²) in [6, 6.07) is 23.7. The molecule has 0 spiro atoms. The number of fused-ring (bicyclic) bond motifs is 1. The van der Waals surface area contributed by atoms with Gasteiger partial charge in [-0.2, -0.15) is 0 Å². The quantitative estimate of drug-likeness (QED) is 0.0670. The van der Waals surface area contributed by atoms with Crippen molar-refractivity contribution < 1.29 is 28.0 Å². The molecule has 5 N–H and O–H groups in total. The van der Waals surface area contributed by atoms with Crippen molar-refractivity contribution in [3.63, 3.8) is 0 Å². The molecule has 5 aromatic rings. The van der Waals surface area contributed by atoms with Gasteiger partial charge in [-0.1, -0.05) is 68.8 Å². The Balaban J connectivity index is 0.000000330. The molecule has 2 unspecified atom stereocenters. The van der Waals surface area contributed by atoms with E-state index >= 15 is 0 Å². The number of hydrogen-bond donors (Lipinski definition) is 4. The molecule has 1 aromatic heterocycles. The van der Waals surface area contributed by atoms with Crippen LogP contribution in [0.2, 0.25) is 5.02 Å². The smallest absolute Gasteiger partial charge is 0.251 e. The third-order valence-corrected chi connectivity index (χ3v) is 12.5. The Morgan fingerprint density at radius 2 is 1.70 bits per heavy atom. The second kappa shape index (κ2) is 27.6. The van der Waals surface area contributed by atoms with Crippen molar-refractivity contribution in [2.24, 2.45) is 26.1 Å². The van der Waals surface area contributed by atoms with Crippen molar-refractivity contribution in [1.29, 1.82) is 0 Å². The average Bonchev–Trinajstić information content (AvgIpc) is 3.98. The Hall–Kier alpha value is -6.59. The van der Waals surface area contributed by atoms with Crippen LogP contribution >= 0.6 is 22.9 Å². The maximum atomic E-state index is 14.9. The molecular formula is C53H62ClF2N9O4S. The van der Waals surface area contributed by atoms with E-state index in [2.05, 4.69) is 67.6 Å². The van der Waals surface area contributed by atoms with Crippen molar-refractivity contribution in [2.45, 2.75) is 72.5 Å². The zero-order chi connectivity index (χ0) is 51.4. The molecule has 0 aliphatic carbocycles. The molecule has 370 valence electrons. The monoisotopic (exact) mass is 993 g/mol. The van der Waals surface area contributed by atoms with Gasteiger partial charge in [-0.3, -0.25) is 24.4 Å². The average molecular weight is 995 g/mol. The number of carbonyl (C=O) groups is 4. The number of rotatable bonds is 13. The summed E-state index contributed by atoms with van der Waals surface area (Å²) in [6.45, 7) is 15.6. The number of benzene rings is 4. The van der Waals surface area contributed by atoms with E-state index in [0.717, 1.165) is 44.3 Å². The molecule has 2 aliphatic heterocycles. The molecule has 70 heavy (non-hydrogen) atoms. The molecule has 13 nitrogen and oxygen atoms in total. The number of nitrogens with two attached hydrogens (primary N) is 1. The Morgan fingerprint density at radius 3 is 2.27 bits per heavy atom. The lowest BCUT2D eigenvalue weighted by Gasteiger charge is -2.28. The maximum Gasteiger partial charge on any atom is 0.251 e. The van der Waals surface area contributed by atoms with Gasteiger partial charge in [0.05, 0.1) is 51.3 Å². The highest BCUT2D eigenvalue weighted by molar-refractivity contribution is 7.13. The molecule has 0 saturated carbocycles. The van der Waals surface area contributed by atoms with Gasteiger partial charge >= 0.3 is 0 Å². The molecule has 3 heterocycles. The number of aliphatic imine (C=N–C) groups is 3. The molecule has 0 radical (unpaired) electrons. The summed E-state index contributed by atoms with van der Waals surface area (Å²) in [5.41, 5.74) is 12.7. The SMILES string of the molecule is C=N/C=C1/CN=C(c2c(F)cccc2F)c2cc(Cl)ccc2C1=Nc1ccc(C(=O)NCCC(=O)NC(C)C(C)(C)C)cc1.CN.CNCc1ccc(-c2scnc2C)cc1.O=CC1CCCN1C=O. The largest absolute Gasteiger partial charge is 0.353 e. The lowest BCUT2D eigenvalue weighted by molar-refractivity contribution is -0.123. The highest BCUT2D eigenvalue weighted by atomic mass is 35.5. The van der Waals surface area contributed by atoms with Gasteiger partial charge in [-0.15, -0.1) is 11.3 Å². The molecule has 7 rings (SSSR count). The lowest BCUT2D eigenvalue weighted by atomic mass is 9.88. The minimum Gasteiger partial charge on any atom is -0.353 e. The number of hydrogen-bond acceptors (Lipinski definition) is 11. The van der Waals surface area contributed by atoms with Gasteiger partial charge in [0.25, 0.3) is 5.91 Å². The number of nitrogens with zero attached hydrogens (tertiary/aromatic N) is 5. The third kappa shape index (κ3) is 15.7. The fourth-order valence-electron chi connectivity index (χ4n) is 7.09. The normalized spacial score (nSPS) is 15.6. The molecule has 3 amide bonds. The third-order valence-electron chi connectivity index (χ3n) is 11.3. The van der Waals surface area contributed by atoms with Crippen molar-refractivity contribution in [2.75, 3.05) is 33.7 Å². The van der Waals surface area contributed by atoms with Gasteiger partial charge in [0.1, 0.15) is 17.9 Å². The minimum absolute atomic E-state index is 0.00581. The highest BCUT2D eigenvalue weighted by Gasteiger charge is 2.27. The lowest BCUT2D eigenvalue weighted by Crippen LogP contribution is -2.42. The molecule has 17 heteroatoms. The first-order valence-corrected chi connectivity index (χ1v) is 23.9. The van der Waals surface area contributed by atoms with Gasteiger partial charge < -0.3 is 31.4 Å². The topological polar surface area (TPSA) is 184 Å². The first kappa shape index (κ1) is 56.0. The zero-order valence-corrected chi connectivity index (χ0v) is 42.3. The molecular weight excluding hydrogens is 932 g/mol. The minimum atomic E-state index is -0.753. The second-order valence-electron chi connectivity index (χ2n) is 17.1. The molecule has 2 aliphatic rings. The number of thiazole rings is 1. The maximum absolute atomic E-state index is 14.9. The fraction of sp³-hybridized carbons (Fsp3) is 0.321. The van der Waals surface area contributed by atoms with E-state index in [-0.39, 0.29) is 60.1 Å². The van der Waals surface area contributed by atoms with Crippen LogP contribution in [0.4, 0.5) is 14.5 Å². The van der Waals surface area contributed by atoms with Crippen LogP contribution in [0.5, 0.6) is 0 Å². The van der Waals surface area contributed by atoms with Crippen molar-refractivity contribution in [3.05, 3.63) is 152 Å². The second-order valence-corrected chi connectivity index (χ2v) is 18.4. The number of amides is 3. The predicted molar refractivity (Wildman–Crippen MR) is 280 cm³/mol. The van der Waals surface area contributed by atoms with Gasteiger partial charge in [0.2, 0.25) is 12.3 Å². The Morgan fingerprint density at radius 1 is 1.01 bits per heavy atom. The summed E-state index contributed by atoms with van der Waals surface area (Å²) in [6.07, 6.45) is 5.04. The van der Waals surface area contributed by atoms with Crippen LogP contribution in [0.3, 0.4) is 0 Å². The van der Waals surface area contributed by atoms with Crippen LogP contribution in [-0.4, -0.2) is 98.3 Å². The first-order chi connectivity index (χ1) is 33.6. The van der Waals surface area contributed by atoms with Crippen molar-refractivity contribution in [3.8, 4) is 10.4 Å². The highest BCUT2D eigenvalue weighted by Crippen LogP contribution is 2.31. The van der Waals surface area contributed by atoms with E-state index in [1.54, 1.807) is 53.8 Å². The standard InChI is InChI=1S/C34H34ClF2N5O2.C12H14N2S.C6H9NO2.CH5N/c1-20(34(2,3)4)41-29(43)15-16-39-33(44)21-9-12-24(13-10-21)42-31-22(18-38-5)19-40-32(26-17-23(35)11-14-25(26)31)30-27(36)7-6-8-28(30)37;1-9-12(15-8-14-9)11-5-3-10(4-6-11)7-13-2;8-4-6-2-1-3-7(6)5-9;1-2/h6-14,17-18,20H,5,15-16,19H2,1-4H3,(H,39,44)(H,41,43);3-6,8,13H,7H2,1-2H3;4-6H,1-3H2;2H2,1H3/b22-18-,42-31?;;;. The number of carbonyl (C=O) groups excluding carboxylic acids is 4. The number of aromatic nitrogens is 1. The van der Waals surface area contributed by atoms with Crippen LogP contribution in [0, 0.1) is 24.0 Å². The molecule has 2 atom stereocenters. The van der Waals surface area contributed by atoms with Crippen LogP contribution in [0.1, 0.15) is 85.3 Å². The summed E-state index contributed by atoms with van der Waals surface area (Å²) < 4.78 is 29.8. The van der Waals surface area contributed by atoms with E-state index in [4.69, 9.17) is 16.6 Å².